The Balaban J connectivity index is 2.36. The predicted octanol–water partition coefficient (Wildman–Crippen LogP) is 2.55. The second kappa shape index (κ2) is 4.14. The largest absolute Gasteiger partial charge is 0.306 e. The second-order valence-electron chi connectivity index (χ2n) is 4.43. The average Bonchev–Trinajstić information content (AvgIpc) is 2.75. The van der Waals surface area contributed by atoms with E-state index in [4.69, 9.17) is 11.6 Å². The standard InChI is InChI=1S/C11H18ClN3/c1-3-7-15-10(9(12)8-14-15)11(2)5-4-6-13-11/h8,13H,3-7H2,1-2H3. The zero-order valence-electron chi connectivity index (χ0n) is 9.39. The molecule has 3 nitrogen and oxygen atoms in total. The van der Waals surface area contributed by atoms with Crippen LogP contribution in [0.3, 0.4) is 0 Å². The average molecular weight is 228 g/mol. The quantitative estimate of drug-likeness (QED) is 0.860. The third-order valence-electron chi connectivity index (χ3n) is 3.12. The highest BCUT2D eigenvalue weighted by Gasteiger charge is 2.35. The molecule has 0 aromatic carbocycles. The molecule has 1 unspecified atom stereocenters. The van der Waals surface area contributed by atoms with Crippen molar-refractivity contribution in [3.63, 3.8) is 0 Å². The molecule has 0 amide bonds. The molecule has 4 heteroatoms. The summed E-state index contributed by atoms with van der Waals surface area (Å²) >= 11 is 6.23. The van der Waals surface area contributed by atoms with E-state index in [1.165, 1.54) is 6.42 Å². The van der Waals surface area contributed by atoms with Gasteiger partial charge in [0.05, 0.1) is 22.5 Å². The van der Waals surface area contributed by atoms with E-state index >= 15 is 0 Å². The van der Waals surface area contributed by atoms with Crippen molar-refractivity contribution in [1.29, 1.82) is 0 Å². The molecule has 1 aromatic rings. The number of aryl methyl sites for hydroxylation is 1. The Labute approximate surface area is 95.8 Å². The van der Waals surface area contributed by atoms with E-state index in [9.17, 15) is 0 Å². The number of rotatable bonds is 3. The molecule has 0 aliphatic carbocycles. The van der Waals surface area contributed by atoms with Gasteiger partial charge in [-0.15, -0.1) is 0 Å². The van der Waals surface area contributed by atoms with Gasteiger partial charge in [0.1, 0.15) is 0 Å². The highest BCUT2D eigenvalue weighted by molar-refractivity contribution is 6.31. The fourth-order valence-electron chi connectivity index (χ4n) is 2.39. The van der Waals surface area contributed by atoms with Gasteiger partial charge in [-0.3, -0.25) is 4.68 Å². The normalized spacial score (nSPS) is 26.1. The highest BCUT2D eigenvalue weighted by atomic mass is 35.5. The molecule has 1 aliphatic heterocycles. The fourth-order valence-corrected chi connectivity index (χ4v) is 2.74. The summed E-state index contributed by atoms with van der Waals surface area (Å²) in [6, 6.07) is 0. The van der Waals surface area contributed by atoms with E-state index < -0.39 is 0 Å². The maximum Gasteiger partial charge on any atom is 0.0837 e. The number of aromatic nitrogens is 2. The molecule has 2 heterocycles. The van der Waals surface area contributed by atoms with Gasteiger partial charge in [0, 0.05) is 6.54 Å². The Morgan fingerprint density at radius 2 is 2.47 bits per heavy atom. The minimum Gasteiger partial charge on any atom is -0.306 e. The van der Waals surface area contributed by atoms with E-state index in [2.05, 4.69) is 24.3 Å². The molecular formula is C11H18ClN3. The van der Waals surface area contributed by atoms with Crippen LogP contribution >= 0.6 is 11.6 Å². The van der Waals surface area contributed by atoms with Crippen molar-refractivity contribution in [1.82, 2.24) is 15.1 Å². The summed E-state index contributed by atoms with van der Waals surface area (Å²) in [5.74, 6) is 0. The highest BCUT2D eigenvalue weighted by Crippen LogP contribution is 2.34. The number of nitrogens with one attached hydrogen (secondary N) is 1. The van der Waals surface area contributed by atoms with Crippen molar-refractivity contribution < 1.29 is 0 Å². The summed E-state index contributed by atoms with van der Waals surface area (Å²) in [7, 11) is 0. The van der Waals surface area contributed by atoms with Crippen LogP contribution in [0.4, 0.5) is 0 Å². The van der Waals surface area contributed by atoms with Crippen LogP contribution in [0.25, 0.3) is 0 Å². The fraction of sp³-hybridized carbons (Fsp3) is 0.727. The van der Waals surface area contributed by atoms with E-state index in [0.29, 0.717) is 0 Å². The molecule has 0 spiro atoms. The van der Waals surface area contributed by atoms with Gasteiger partial charge in [-0.2, -0.15) is 5.10 Å². The molecule has 1 aromatic heterocycles. The summed E-state index contributed by atoms with van der Waals surface area (Å²) in [4.78, 5) is 0. The molecule has 1 fully saturated rings. The smallest absolute Gasteiger partial charge is 0.0837 e. The lowest BCUT2D eigenvalue weighted by molar-refractivity contribution is 0.386. The van der Waals surface area contributed by atoms with E-state index in [1.807, 2.05) is 4.68 Å². The molecule has 1 aliphatic rings. The van der Waals surface area contributed by atoms with Crippen molar-refractivity contribution in [2.45, 2.75) is 45.2 Å². The molecule has 1 saturated heterocycles. The summed E-state index contributed by atoms with van der Waals surface area (Å²) < 4.78 is 2.04. The molecule has 84 valence electrons. The molecule has 15 heavy (non-hydrogen) atoms. The monoisotopic (exact) mass is 227 g/mol. The number of halogens is 1. The molecule has 1 atom stereocenters. The van der Waals surface area contributed by atoms with Gasteiger partial charge in [0.2, 0.25) is 0 Å². The topological polar surface area (TPSA) is 29.9 Å². The van der Waals surface area contributed by atoms with Crippen LogP contribution in [0.1, 0.15) is 38.8 Å². The Kier molecular flexibility index (Phi) is 3.03. The zero-order valence-corrected chi connectivity index (χ0v) is 10.1. The van der Waals surface area contributed by atoms with Gasteiger partial charge in [-0.1, -0.05) is 18.5 Å². The summed E-state index contributed by atoms with van der Waals surface area (Å²) in [6.07, 6.45) is 5.20. The van der Waals surface area contributed by atoms with Gasteiger partial charge >= 0.3 is 0 Å². The van der Waals surface area contributed by atoms with Crippen LogP contribution < -0.4 is 5.32 Å². The maximum absolute atomic E-state index is 6.23. The van der Waals surface area contributed by atoms with Crippen molar-refractivity contribution in [2.75, 3.05) is 6.54 Å². The summed E-state index contributed by atoms with van der Waals surface area (Å²) in [5.41, 5.74) is 1.17. The first-order valence-electron chi connectivity index (χ1n) is 5.64. The van der Waals surface area contributed by atoms with Gasteiger partial charge in [-0.25, -0.2) is 0 Å². The minimum absolute atomic E-state index is 0.0166. The Morgan fingerprint density at radius 3 is 3.07 bits per heavy atom. The molecule has 0 radical (unpaired) electrons. The van der Waals surface area contributed by atoms with Crippen molar-refractivity contribution in [3.8, 4) is 0 Å². The Hall–Kier alpha value is -0.540. The minimum atomic E-state index is 0.0166. The van der Waals surface area contributed by atoms with Gasteiger partial charge < -0.3 is 5.32 Å². The van der Waals surface area contributed by atoms with E-state index in [0.717, 1.165) is 36.6 Å². The summed E-state index contributed by atoms with van der Waals surface area (Å²) in [6.45, 7) is 6.39. The van der Waals surface area contributed by atoms with Crippen LogP contribution in [0.2, 0.25) is 5.02 Å². The number of hydrogen-bond donors (Lipinski definition) is 1. The van der Waals surface area contributed by atoms with Crippen LogP contribution in [0.15, 0.2) is 6.20 Å². The molecule has 0 saturated carbocycles. The van der Waals surface area contributed by atoms with E-state index in [1.54, 1.807) is 6.20 Å². The Morgan fingerprint density at radius 1 is 1.67 bits per heavy atom. The molecule has 0 bridgehead atoms. The molecule has 1 N–H and O–H groups in total. The van der Waals surface area contributed by atoms with Crippen molar-refractivity contribution in [2.24, 2.45) is 0 Å². The van der Waals surface area contributed by atoms with Crippen molar-refractivity contribution >= 4 is 11.6 Å². The van der Waals surface area contributed by atoms with Gasteiger partial charge in [0.15, 0.2) is 0 Å². The predicted molar refractivity (Wildman–Crippen MR) is 62.1 cm³/mol. The SMILES string of the molecule is CCCn1ncc(Cl)c1C1(C)CCCN1. The van der Waals surface area contributed by atoms with Gasteiger partial charge in [-0.05, 0) is 32.7 Å². The second-order valence-corrected chi connectivity index (χ2v) is 4.83. The van der Waals surface area contributed by atoms with E-state index in [-0.39, 0.29) is 5.54 Å². The lowest BCUT2D eigenvalue weighted by Gasteiger charge is -2.26. The van der Waals surface area contributed by atoms with Crippen LogP contribution in [0, 0.1) is 0 Å². The molecule has 2 rings (SSSR count). The third kappa shape index (κ3) is 1.91. The lowest BCUT2D eigenvalue weighted by Crippen LogP contribution is -2.36. The summed E-state index contributed by atoms with van der Waals surface area (Å²) in [5, 5.41) is 8.66. The van der Waals surface area contributed by atoms with Gasteiger partial charge in [0.25, 0.3) is 0 Å². The number of hydrogen-bond acceptors (Lipinski definition) is 2. The first-order chi connectivity index (χ1) is 7.17. The third-order valence-corrected chi connectivity index (χ3v) is 3.40. The van der Waals surface area contributed by atoms with Crippen molar-refractivity contribution in [3.05, 3.63) is 16.9 Å². The zero-order chi connectivity index (χ0) is 10.9. The molecular weight excluding hydrogens is 210 g/mol. The van der Waals surface area contributed by atoms with Crippen LogP contribution in [-0.4, -0.2) is 16.3 Å². The van der Waals surface area contributed by atoms with Crippen LogP contribution in [0.5, 0.6) is 0 Å². The lowest BCUT2D eigenvalue weighted by atomic mass is 9.96. The Bertz CT molecular complexity index is 340. The van der Waals surface area contributed by atoms with Crippen LogP contribution in [-0.2, 0) is 12.1 Å². The first-order valence-corrected chi connectivity index (χ1v) is 6.02. The maximum atomic E-state index is 6.23. The number of nitrogens with zero attached hydrogens (tertiary/aromatic N) is 2. The first kappa shape index (κ1) is 11.0.